The van der Waals surface area contributed by atoms with E-state index in [4.69, 9.17) is 10.8 Å². The van der Waals surface area contributed by atoms with Gasteiger partial charge in [0.15, 0.2) is 0 Å². The normalized spacial score (nSPS) is 11.4. The minimum absolute atomic E-state index is 0.0749. The van der Waals surface area contributed by atoms with E-state index >= 15 is 0 Å². The summed E-state index contributed by atoms with van der Waals surface area (Å²) >= 11 is 0. The van der Waals surface area contributed by atoms with Crippen LogP contribution < -0.4 is 10.5 Å². The van der Waals surface area contributed by atoms with Gasteiger partial charge in [0.25, 0.3) is 0 Å². The molecule has 0 atom stereocenters. The van der Waals surface area contributed by atoms with Gasteiger partial charge in [0.05, 0.1) is 24.0 Å². The Labute approximate surface area is 120 Å². The van der Waals surface area contributed by atoms with Gasteiger partial charge < -0.3 is 10.8 Å². The molecule has 0 amide bonds. The highest BCUT2D eigenvalue weighted by Gasteiger charge is 2.18. The number of benzene rings is 1. The Morgan fingerprint density at radius 1 is 1.43 bits per heavy atom. The van der Waals surface area contributed by atoms with Crippen LogP contribution in [0.25, 0.3) is 0 Å². The molecular weight excluding hydrogens is 298 g/mol. The van der Waals surface area contributed by atoms with Gasteiger partial charge in [-0.3, -0.25) is 4.68 Å². The molecule has 1 aromatic carbocycles. The zero-order valence-corrected chi connectivity index (χ0v) is 11.6. The van der Waals surface area contributed by atoms with Crippen molar-refractivity contribution in [3.8, 4) is 0 Å². The SMILES string of the molecule is Nc1cc(C(=O)O)ccc1S(=O)(=O)NCCn1ccnn1. The summed E-state index contributed by atoms with van der Waals surface area (Å²) in [7, 11) is -3.82. The third-order valence-corrected chi connectivity index (χ3v) is 4.19. The van der Waals surface area contributed by atoms with Crippen molar-refractivity contribution in [1.29, 1.82) is 0 Å². The van der Waals surface area contributed by atoms with Gasteiger partial charge in [-0.15, -0.1) is 5.10 Å². The monoisotopic (exact) mass is 311 g/mol. The molecule has 2 aromatic rings. The summed E-state index contributed by atoms with van der Waals surface area (Å²) in [6, 6.07) is 3.45. The third-order valence-electron chi connectivity index (χ3n) is 2.65. The molecule has 0 saturated heterocycles. The topological polar surface area (TPSA) is 140 Å². The highest BCUT2D eigenvalue weighted by atomic mass is 32.2. The number of aromatic nitrogens is 3. The second-order valence-corrected chi connectivity index (χ2v) is 5.86. The van der Waals surface area contributed by atoms with Crippen LogP contribution in [0.2, 0.25) is 0 Å². The summed E-state index contributed by atoms with van der Waals surface area (Å²) in [5.41, 5.74) is 5.40. The maximum absolute atomic E-state index is 12.1. The first-order valence-corrected chi connectivity index (χ1v) is 7.35. The average Bonchev–Trinajstić information content (AvgIpc) is 2.91. The fraction of sp³-hybridized carbons (Fsp3) is 0.182. The van der Waals surface area contributed by atoms with Crippen molar-refractivity contribution in [2.75, 3.05) is 12.3 Å². The Bertz CT molecular complexity index is 742. The number of nitrogens with zero attached hydrogens (tertiary/aromatic N) is 3. The number of sulfonamides is 1. The largest absolute Gasteiger partial charge is 0.478 e. The van der Waals surface area contributed by atoms with Gasteiger partial charge in [-0.2, -0.15) is 0 Å². The molecule has 0 saturated carbocycles. The van der Waals surface area contributed by atoms with Gasteiger partial charge in [0, 0.05) is 12.7 Å². The average molecular weight is 311 g/mol. The van der Waals surface area contributed by atoms with Crippen molar-refractivity contribution in [3.05, 3.63) is 36.2 Å². The van der Waals surface area contributed by atoms with Crippen LogP contribution >= 0.6 is 0 Å². The number of nitrogen functional groups attached to an aromatic ring is 1. The molecule has 0 aliphatic carbocycles. The van der Waals surface area contributed by atoms with Crippen LogP contribution in [-0.4, -0.2) is 41.0 Å². The van der Waals surface area contributed by atoms with Crippen molar-refractivity contribution in [1.82, 2.24) is 19.7 Å². The van der Waals surface area contributed by atoms with Crippen molar-refractivity contribution in [3.63, 3.8) is 0 Å². The maximum atomic E-state index is 12.1. The molecule has 10 heteroatoms. The molecule has 0 aliphatic rings. The Balaban J connectivity index is 2.10. The molecular formula is C11H13N5O4S. The minimum atomic E-state index is -3.82. The second kappa shape index (κ2) is 5.89. The summed E-state index contributed by atoms with van der Waals surface area (Å²) in [5.74, 6) is -1.18. The van der Waals surface area contributed by atoms with Crippen molar-refractivity contribution < 1.29 is 18.3 Å². The molecule has 0 fully saturated rings. The third kappa shape index (κ3) is 3.55. The number of carboxylic acids is 1. The lowest BCUT2D eigenvalue weighted by Crippen LogP contribution is -2.28. The molecule has 112 valence electrons. The van der Waals surface area contributed by atoms with Crippen LogP contribution in [0, 0.1) is 0 Å². The number of carbonyl (C=O) groups is 1. The summed E-state index contributed by atoms with van der Waals surface area (Å²) in [6.45, 7) is 0.415. The van der Waals surface area contributed by atoms with E-state index in [-0.39, 0.29) is 22.7 Å². The maximum Gasteiger partial charge on any atom is 0.335 e. The van der Waals surface area contributed by atoms with Gasteiger partial charge in [0.2, 0.25) is 10.0 Å². The highest BCUT2D eigenvalue weighted by molar-refractivity contribution is 7.89. The van der Waals surface area contributed by atoms with E-state index in [9.17, 15) is 13.2 Å². The van der Waals surface area contributed by atoms with E-state index in [0.29, 0.717) is 6.54 Å². The van der Waals surface area contributed by atoms with E-state index < -0.39 is 16.0 Å². The van der Waals surface area contributed by atoms with Gasteiger partial charge in [-0.05, 0) is 18.2 Å². The molecule has 0 radical (unpaired) electrons. The molecule has 1 aromatic heterocycles. The Hall–Kier alpha value is -2.46. The van der Waals surface area contributed by atoms with Gasteiger partial charge >= 0.3 is 5.97 Å². The summed E-state index contributed by atoms with van der Waals surface area (Å²) in [4.78, 5) is 10.6. The van der Waals surface area contributed by atoms with Crippen molar-refractivity contribution in [2.24, 2.45) is 0 Å². The fourth-order valence-corrected chi connectivity index (χ4v) is 2.78. The number of nitrogens with one attached hydrogen (secondary N) is 1. The van der Waals surface area contributed by atoms with Gasteiger partial charge in [0.1, 0.15) is 4.90 Å². The van der Waals surface area contributed by atoms with Gasteiger partial charge in [-0.1, -0.05) is 5.21 Å². The molecule has 21 heavy (non-hydrogen) atoms. The van der Waals surface area contributed by atoms with Crippen LogP contribution in [0.3, 0.4) is 0 Å². The number of aromatic carboxylic acids is 1. The van der Waals surface area contributed by atoms with E-state index in [1.165, 1.54) is 16.9 Å². The number of carboxylic acid groups (broad SMARTS) is 1. The van der Waals surface area contributed by atoms with Crippen LogP contribution in [0.15, 0.2) is 35.5 Å². The minimum Gasteiger partial charge on any atom is -0.478 e. The zero-order valence-electron chi connectivity index (χ0n) is 10.8. The van der Waals surface area contributed by atoms with E-state index in [2.05, 4.69) is 15.0 Å². The Morgan fingerprint density at radius 2 is 2.19 bits per heavy atom. The van der Waals surface area contributed by atoms with Crippen molar-refractivity contribution >= 4 is 21.7 Å². The molecule has 0 bridgehead atoms. The summed E-state index contributed by atoms with van der Waals surface area (Å²) in [5, 5.41) is 16.1. The van der Waals surface area contributed by atoms with Crippen LogP contribution in [0.4, 0.5) is 5.69 Å². The first-order valence-electron chi connectivity index (χ1n) is 5.87. The van der Waals surface area contributed by atoms with Crippen molar-refractivity contribution in [2.45, 2.75) is 11.4 Å². The van der Waals surface area contributed by atoms with Crippen LogP contribution in [0.5, 0.6) is 0 Å². The summed E-state index contributed by atoms with van der Waals surface area (Å²) < 4.78 is 28.0. The van der Waals surface area contributed by atoms with Crippen LogP contribution in [-0.2, 0) is 16.6 Å². The lowest BCUT2D eigenvalue weighted by molar-refractivity contribution is 0.0697. The van der Waals surface area contributed by atoms with Gasteiger partial charge in [-0.25, -0.2) is 17.9 Å². The zero-order chi connectivity index (χ0) is 15.5. The molecule has 4 N–H and O–H groups in total. The van der Waals surface area contributed by atoms with E-state index in [0.717, 1.165) is 12.1 Å². The first-order chi connectivity index (χ1) is 9.90. The second-order valence-electron chi connectivity index (χ2n) is 4.12. The quantitative estimate of drug-likeness (QED) is 0.613. The Kier molecular flexibility index (Phi) is 4.19. The lowest BCUT2D eigenvalue weighted by atomic mass is 10.2. The molecule has 0 unspecified atom stereocenters. The number of rotatable bonds is 6. The molecule has 0 aliphatic heterocycles. The number of hydrogen-bond donors (Lipinski definition) is 3. The molecule has 0 spiro atoms. The molecule has 9 nitrogen and oxygen atoms in total. The highest BCUT2D eigenvalue weighted by Crippen LogP contribution is 2.19. The van der Waals surface area contributed by atoms with E-state index in [1.54, 1.807) is 6.20 Å². The fourth-order valence-electron chi connectivity index (χ4n) is 1.65. The standard InChI is InChI=1S/C11H13N5O4S/c12-9-7-8(11(17)18)1-2-10(9)21(19,20)14-4-6-16-5-3-13-15-16/h1-3,5,7,14H,4,6,12H2,(H,17,18). The number of nitrogens with two attached hydrogens (primary N) is 1. The predicted octanol–water partition coefficient (Wildman–Crippen LogP) is -0.463. The van der Waals surface area contributed by atoms with Crippen LogP contribution in [0.1, 0.15) is 10.4 Å². The smallest absolute Gasteiger partial charge is 0.335 e. The lowest BCUT2D eigenvalue weighted by Gasteiger charge is -2.09. The predicted molar refractivity (Wildman–Crippen MR) is 73.0 cm³/mol. The molecule has 1 heterocycles. The molecule has 2 rings (SSSR count). The summed E-state index contributed by atoms with van der Waals surface area (Å²) in [6.07, 6.45) is 3.08. The number of hydrogen-bond acceptors (Lipinski definition) is 6. The number of anilines is 1. The van der Waals surface area contributed by atoms with E-state index in [1.807, 2.05) is 0 Å². The Morgan fingerprint density at radius 3 is 2.76 bits per heavy atom. The first kappa shape index (κ1) is 14.9.